The first-order valence-electron chi connectivity index (χ1n) is 7.38. The molecule has 0 spiro atoms. The number of piperidine rings is 1. The molecule has 4 nitrogen and oxygen atoms in total. The normalized spacial score (nSPS) is 20.3. The first-order chi connectivity index (χ1) is 10.1. The zero-order valence-corrected chi connectivity index (χ0v) is 11.7. The van der Waals surface area contributed by atoms with Gasteiger partial charge in [-0.2, -0.15) is 0 Å². The van der Waals surface area contributed by atoms with Crippen LogP contribution in [0.4, 0.5) is 19.3 Å². The maximum atomic E-state index is 13.4. The fraction of sp³-hybridized carbons (Fsp3) is 0.533. The highest BCUT2D eigenvalue weighted by atomic mass is 19.1. The first kappa shape index (κ1) is 14.3. The summed E-state index contributed by atoms with van der Waals surface area (Å²) >= 11 is 0. The second-order valence-corrected chi connectivity index (χ2v) is 5.76. The molecule has 114 valence electrons. The molecule has 1 heterocycles. The number of likely N-dealkylation sites (tertiary alicyclic amines) is 1. The minimum atomic E-state index is -0.770. The number of nitrogens with zero attached hydrogens (tertiary/aromatic N) is 1. The van der Waals surface area contributed by atoms with E-state index in [2.05, 4.69) is 15.5 Å². The summed E-state index contributed by atoms with van der Waals surface area (Å²) in [5.41, 5.74) is -0.00989. The van der Waals surface area contributed by atoms with Crippen LogP contribution >= 0.6 is 0 Å². The summed E-state index contributed by atoms with van der Waals surface area (Å²) in [4.78, 5) is 14.3. The van der Waals surface area contributed by atoms with Crippen LogP contribution in [-0.2, 0) is 0 Å². The van der Waals surface area contributed by atoms with Gasteiger partial charge < -0.3 is 15.5 Å². The van der Waals surface area contributed by atoms with Gasteiger partial charge in [-0.1, -0.05) is 0 Å². The zero-order valence-electron chi connectivity index (χ0n) is 11.7. The van der Waals surface area contributed by atoms with Crippen molar-refractivity contribution < 1.29 is 13.6 Å². The van der Waals surface area contributed by atoms with E-state index in [4.69, 9.17) is 0 Å². The van der Waals surface area contributed by atoms with Crippen molar-refractivity contribution in [3.63, 3.8) is 0 Å². The topological polar surface area (TPSA) is 44.4 Å². The number of anilines is 1. The summed E-state index contributed by atoms with van der Waals surface area (Å²) in [5, 5.41) is 5.28. The number of benzene rings is 1. The summed E-state index contributed by atoms with van der Waals surface area (Å²) in [5.74, 6) is -1.43. The molecule has 0 aromatic heterocycles. The fourth-order valence-corrected chi connectivity index (χ4v) is 2.78. The van der Waals surface area contributed by atoms with Crippen LogP contribution in [0.3, 0.4) is 0 Å². The van der Waals surface area contributed by atoms with Crippen molar-refractivity contribution in [1.82, 2.24) is 10.2 Å². The molecule has 0 bridgehead atoms. The van der Waals surface area contributed by atoms with Crippen molar-refractivity contribution in [2.45, 2.75) is 37.8 Å². The van der Waals surface area contributed by atoms with Crippen LogP contribution in [0.15, 0.2) is 18.2 Å². The van der Waals surface area contributed by atoms with Crippen molar-refractivity contribution in [3.05, 3.63) is 29.8 Å². The molecule has 1 aliphatic carbocycles. The van der Waals surface area contributed by atoms with Crippen LogP contribution in [0.5, 0.6) is 0 Å². The van der Waals surface area contributed by atoms with Gasteiger partial charge in [-0.3, -0.25) is 0 Å². The highest BCUT2D eigenvalue weighted by Gasteiger charge is 2.32. The molecule has 1 saturated heterocycles. The minimum absolute atomic E-state index is 0.00989. The third kappa shape index (κ3) is 3.69. The highest BCUT2D eigenvalue weighted by Crippen LogP contribution is 2.29. The van der Waals surface area contributed by atoms with Crippen LogP contribution in [-0.4, -0.2) is 36.1 Å². The van der Waals surface area contributed by atoms with Crippen LogP contribution in [0.2, 0.25) is 0 Å². The lowest BCUT2D eigenvalue weighted by atomic mass is 10.1. The van der Waals surface area contributed by atoms with Crippen molar-refractivity contribution in [2.75, 3.05) is 18.4 Å². The van der Waals surface area contributed by atoms with E-state index in [-0.39, 0.29) is 11.7 Å². The average molecular weight is 295 g/mol. The summed E-state index contributed by atoms with van der Waals surface area (Å²) in [6.07, 6.45) is 4.41. The lowest BCUT2D eigenvalue weighted by Gasteiger charge is -2.32. The van der Waals surface area contributed by atoms with Gasteiger partial charge in [-0.25, -0.2) is 13.6 Å². The van der Waals surface area contributed by atoms with Crippen molar-refractivity contribution in [1.29, 1.82) is 0 Å². The van der Waals surface area contributed by atoms with Crippen LogP contribution in [0.25, 0.3) is 0 Å². The van der Waals surface area contributed by atoms with Crippen molar-refractivity contribution in [2.24, 2.45) is 0 Å². The molecule has 0 unspecified atom stereocenters. The van der Waals surface area contributed by atoms with Crippen LogP contribution < -0.4 is 10.6 Å². The third-order valence-corrected chi connectivity index (χ3v) is 4.11. The Labute approximate surface area is 122 Å². The second-order valence-electron chi connectivity index (χ2n) is 5.76. The van der Waals surface area contributed by atoms with Gasteiger partial charge >= 0.3 is 6.03 Å². The Hall–Kier alpha value is -1.69. The Morgan fingerprint density at radius 2 is 1.86 bits per heavy atom. The number of carbonyl (C=O) groups excluding carboxylic acids is 1. The largest absolute Gasteiger partial charge is 0.335 e. The quantitative estimate of drug-likeness (QED) is 0.900. The SMILES string of the molecule is O=C(Nc1ccc(F)cc1F)NC1CCN(C2CC2)CC1. The standard InChI is InChI=1S/C15H19F2N3O/c16-10-1-4-14(13(17)9-10)19-15(21)18-11-5-7-20(8-6-11)12-2-3-12/h1,4,9,11-12H,2-3,5-8H2,(H2,18,19,21). The van der Waals surface area contributed by atoms with E-state index in [1.807, 2.05) is 0 Å². The number of nitrogens with one attached hydrogen (secondary N) is 2. The molecule has 21 heavy (non-hydrogen) atoms. The van der Waals surface area contributed by atoms with Gasteiger partial charge in [0.2, 0.25) is 0 Å². The number of hydrogen-bond acceptors (Lipinski definition) is 2. The Bertz CT molecular complexity index is 526. The Kier molecular flexibility index (Phi) is 4.05. The molecule has 0 radical (unpaired) electrons. The number of halogens is 2. The Morgan fingerprint density at radius 1 is 1.14 bits per heavy atom. The van der Waals surface area contributed by atoms with Gasteiger partial charge in [0.05, 0.1) is 5.69 Å². The lowest BCUT2D eigenvalue weighted by Crippen LogP contribution is -2.46. The number of hydrogen-bond donors (Lipinski definition) is 2. The minimum Gasteiger partial charge on any atom is -0.335 e. The number of carbonyl (C=O) groups is 1. The monoisotopic (exact) mass is 295 g/mol. The van der Waals surface area contributed by atoms with Crippen molar-refractivity contribution >= 4 is 11.7 Å². The van der Waals surface area contributed by atoms with E-state index >= 15 is 0 Å². The van der Waals surface area contributed by atoms with Crippen LogP contribution in [0, 0.1) is 11.6 Å². The zero-order chi connectivity index (χ0) is 14.8. The molecular weight excluding hydrogens is 276 g/mol. The van der Waals surface area contributed by atoms with Gasteiger partial charge in [-0.05, 0) is 37.8 Å². The van der Waals surface area contributed by atoms with Gasteiger partial charge in [0.25, 0.3) is 0 Å². The summed E-state index contributed by atoms with van der Waals surface area (Å²) < 4.78 is 26.2. The number of amides is 2. The van der Waals surface area contributed by atoms with E-state index in [9.17, 15) is 13.6 Å². The Balaban J connectivity index is 1.47. The second kappa shape index (κ2) is 5.97. The summed E-state index contributed by atoms with van der Waals surface area (Å²) in [6, 6.07) is 3.53. The molecule has 1 aliphatic heterocycles. The molecule has 1 aromatic carbocycles. The predicted octanol–water partition coefficient (Wildman–Crippen LogP) is 2.71. The third-order valence-electron chi connectivity index (χ3n) is 4.11. The van der Waals surface area contributed by atoms with E-state index < -0.39 is 17.7 Å². The van der Waals surface area contributed by atoms with Gasteiger partial charge in [0.1, 0.15) is 11.6 Å². The van der Waals surface area contributed by atoms with Gasteiger partial charge in [0.15, 0.2) is 0 Å². The van der Waals surface area contributed by atoms with Crippen molar-refractivity contribution in [3.8, 4) is 0 Å². The smallest absolute Gasteiger partial charge is 0.319 e. The number of rotatable bonds is 3. The first-order valence-corrected chi connectivity index (χ1v) is 7.38. The summed E-state index contributed by atoms with van der Waals surface area (Å²) in [7, 11) is 0. The lowest BCUT2D eigenvalue weighted by molar-refractivity contribution is 0.189. The Morgan fingerprint density at radius 3 is 2.48 bits per heavy atom. The maximum Gasteiger partial charge on any atom is 0.319 e. The fourth-order valence-electron chi connectivity index (χ4n) is 2.78. The molecule has 2 aliphatic rings. The molecule has 3 rings (SSSR count). The van der Waals surface area contributed by atoms with Crippen LogP contribution in [0.1, 0.15) is 25.7 Å². The molecule has 2 N–H and O–H groups in total. The molecule has 1 saturated carbocycles. The van der Waals surface area contributed by atoms with E-state index in [1.54, 1.807) is 0 Å². The number of urea groups is 1. The highest BCUT2D eigenvalue weighted by molar-refractivity contribution is 5.89. The van der Waals surface area contributed by atoms with E-state index in [0.29, 0.717) is 0 Å². The van der Waals surface area contributed by atoms with E-state index in [0.717, 1.165) is 44.1 Å². The van der Waals surface area contributed by atoms with E-state index in [1.165, 1.54) is 18.9 Å². The molecule has 2 amide bonds. The average Bonchev–Trinajstić information content (AvgIpc) is 3.27. The molecule has 2 fully saturated rings. The predicted molar refractivity (Wildman–Crippen MR) is 76.1 cm³/mol. The maximum absolute atomic E-state index is 13.4. The van der Waals surface area contributed by atoms with Gasteiger partial charge in [0, 0.05) is 31.2 Å². The van der Waals surface area contributed by atoms with Gasteiger partial charge in [-0.15, -0.1) is 0 Å². The summed E-state index contributed by atoms with van der Waals surface area (Å²) in [6.45, 7) is 2.00. The molecule has 0 atom stereocenters. The molecule has 6 heteroatoms. The molecule has 1 aromatic rings. The molecular formula is C15H19F2N3O.